The number of amides is 12. The smallest absolute Gasteiger partial charge is 0.261 e. The second-order valence-electron chi connectivity index (χ2n) is 34.7. The van der Waals surface area contributed by atoms with Gasteiger partial charge in [-0.25, -0.2) is 0 Å². The lowest BCUT2D eigenvalue weighted by Gasteiger charge is -2.27. The molecular weight excluding hydrogens is 1570 g/mol. The standard InChI is InChI=1S/C46H22N2O4.C36H18N2O4.C26H14N2O4/c1-47-43(49)31-15-11-27-23-7-3-19-21-5-9-25-29-13-17-33-42-34(46(52)48(2)45(33)51)18-14-30(40(29)42)26-10-6-22(36(21)38(25)26)20-4-8-24(37(23)35(19)20)28-12-16-32(44(47)50)41(31)39(27)28;1-37-33(39)23-11-7-19-15-3-5-17-21-9-13-25-32-26(36(42)38(2)35(25)41)14-10-22(30(21)32)18-6-4-16(27(15)28(17)18)20-8-12-24(34(37)40)31(23)29(19)20;1-27-23(29)15-7-3-11-13-5-9-17-22-18(26(32)28(2)25(17)31)10-6-14(20(13)22)12-4-8-16(24(27)30)21(15)19(11)12/h3-18H,1-2H3;3-14H,1-2H3;3-10H,1-2H3. The van der Waals surface area contributed by atoms with E-state index in [0.29, 0.717) is 77.5 Å². The summed E-state index contributed by atoms with van der Waals surface area (Å²) >= 11 is 0. The van der Waals surface area contributed by atoms with Crippen molar-refractivity contribution in [2.45, 2.75) is 0 Å². The highest BCUT2D eigenvalue weighted by atomic mass is 16.2. The zero-order chi connectivity index (χ0) is 85.0. The summed E-state index contributed by atoms with van der Waals surface area (Å²) in [5, 5.41) is 41.8. The third-order valence-electron chi connectivity index (χ3n) is 29.3. The van der Waals surface area contributed by atoms with Gasteiger partial charge in [0.1, 0.15) is 0 Å². The number of rotatable bonds is 0. The molecule has 126 heavy (non-hydrogen) atoms. The van der Waals surface area contributed by atoms with Gasteiger partial charge in [0.2, 0.25) is 0 Å². The molecule has 0 saturated heterocycles. The van der Waals surface area contributed by atoms with Crippen molar-refractivity contribution in [3.05, 3.63) is 285 Å². The molecule has 0 bridgehead atoms. The van der Waals surface area contributed by atoms with Crippen LogP contribution in [-0.2, 0) is 0 Å². The largest absolute Gasteiger partial charge is 0.277 e. The number of carbonyl (C=O) groups is 12. The van der Waals surface area contributed by atoms with Gasteiger partial charge in [-0.2, -0.15) is 0 Å². The fraction of sp³-hybridized carbons (Fsp3) is 0.0556. The molecule has 0 aliphatic carbocycles. The molecular formula is C108H54N6O12. The van der Waals surface area contributed by atoms with Crippen molar-refractivity contribution in [3.63, 3.8) is 0 Å². The molecule has 6 aliphatic rings. The van der Waals surface area contributed by atoms with E-state index in [1.54, 1.807) is 38.4 Å². The molecule has 0 radical (unpaired) electrons. The molecule has 588 valence electrons. The van der Waals surface area contributed by atoms with Crippen LogP contribution in [0.1, 0.15) is 124 Å². The summed E-state index contributed by atoms with van der Waals surface area (Å²) < 4.78 is 0. The monoisotopic (exact) mass is 1630 g/mol. The number of fused-ring (bicyclic) bond motifs is 12. The molecule has 24 aromatic carbocycles. The highest BCUT2D eigenvalue weighted by Gasteiger charge is 2.41. The maximum absolute atomic E-state index is 13.3. The average Bonchev–Trinajstić information content (AvgIpc) is 0.680. The van der Waals surface area contributed by atoms with Gasteiger partial charge in [-0.1, -0.05) is 146 Å². The van der Waals surface area contributed by atoms with Gasteiger partial charge in [0, 0.05) is 141 Å². The summed E-state index contributed by atoms with van der Waals surface area (Å²) in [6.45, 7) is 0. The molecule has 18 nitrogen and oxygen atoms in total. The molecule has 0 unspecified atom stereocenters. The Kier molecular flexibility index (Phi) is 12.3. The Morgan fingerprint density at radius 3 is 0.246 bits per heavy atom. The van der Waals surface area contributed by atoms with Crippen LogP contribution in [0.25, 0.3) is 226 Å². The molecule has 30 rings (SSSR count). The SMILES string of the molecule is CN1C(=O)c2ccc3c4ccc5c6c(ccc(c7ccc(c2c37)C1=O)c64)C(=O)N(C)C5=O.CN1C(=O)c2ccc3c4ccc5c6ccc7c8c(ccc(c9ccc(c%10ccc(c2c3%10)C1=O)c4c59)c86)C(=O)N(C)C7=O.CN1C(=O)c2ccc3c4ccc5c6ccc7c8ccc9c%10c(ccc(c%11ccc(c%12ccc(c%13ccc(c2c3%13)C1=O)c4c5%12)c6c7%11)c%108)C(=O)N(C)C9=O. The third-order valence-corrected chi connectivity index (χ3v) is 29.3. The maximum Gasteiger partial charge on any atom is 0.261 e. The number of imide groups is 6. The lowest BCUT2D eigenvalue weighted by atomic mass is 9.80. The van der Waals surface area contributed by atoms with E-state index in [1.807, 2.05) is 97.1 Å². The molecule has 0 N–H and O–H groups in total. The number of nitrogens with zero attached hydrogens (tertiary/aromatic N) is 6. The van der Waals surface area contributed by atoms with Gasteiger partial charge in [-0.3, -0.25) is 86.9 Å². The summed E-state index contributed by atoms with van der Waals surface area (Å²) in [6, 6.07) is 72.1. The Bertz CT molecular complexity index is 8760. The van der Waals surface area contributed by atoms with Crippen LogP contribution in [0.2, 0.25) is 0 Å². The summed E-state index contributed by atoms with van der Waals surface area (Å²) in [4.78, 5) is 164. The van der Waals surface area contributed by atoms with Crippen LogP contribution in [0.4, 0.5) is 0 Å². The van der Waals surface area contributed by atoms with Crippen LogP contribution >= 0.6 is 0 Å². The van der Waals surface area contributed by atoms with Crippen LogP contribution in [0.3, 0.4) is 0 Å². The number of carbonyl (C=O) groups excluding carboxylic acids is 12. The van der Waals surface area contributed by atoms with E-state index in [-0.39, 0.29) is 70.9 Å². The fourth-order valence-corrected chi connectivity index (χ4v) is 23.7. The van der Waals surface area contributed by atoms with Crippen molar-refractivity contribution in [3.8, 4) is 0 Å². The molecule has 12 amide bonds. The van der Waals surface area contributed by atoms with E-state index >= 15 is 0 Å². The van der Waals surface area contributed by atoms with Crippen molar-refractivity contribution >= 4 is 297 Å². The minimum atomic E-state index is -0.318. The number of benzene rings is 24. The molecule has 6 heterocycles. The van der Waals surface area contributed by atoms with Gasteiger partial charge in [0.25, 0.3) is 70.9 Å². The van der Waals surface area contributed by atoms with Crippen molar-refractivity contribution in [2.24, 2.45) is 0 Å². The summed E-state index contributed by atoms with van der Waals surface area (Å²) in [5.41, 5.74) is 6.45. The van der Waals surface area contributed by atoms with Crippen molar-refractivity contribution in [1.29, 1.82) is 0 Å². The predicted octanol–water partition coefficient (Wildman–Crippen LogP) is 21.3. The molecule has 0 saturated carbocycles. The Morgan fingerprint density at radius 2 is 0.167 bits per heavy atom. The first-order valence-electron chi connectivity index (χ1n) is 41.5. The Hall–Kier alpha value is -16.9. The number of hydrogen-bond acceptors (Lipinski definition) is 12. The molecule has 0 atom stereocenters. The second-order valence-corrected chi connectivity index (χ2v) is 34.7. The molecule has 6 aliphatic heterocycles. The van der Waals surface area contributed by atoms with E-state index in [9.17, 15) is 57.5 Å². The minimum absolute atomic E-state index is 0.272. The Morgan fingerprint density at radius 1 is 0.103 bits per heavy atom. The first kappa shape index (κ1) is 68.9. The van der Waals surface area contributed by atoms with Crippen LogP contribution < -0.4 is 0 Å². The fourth-order valence-electron chi connectivity index (χ4n) is 23.7. The van der Waals surface area contributed by atoms with E-state index in [4.69, 9.17) is 0 Å². The summed E-state index contributed by atoms with van der Waals surface area (Å²) in [5.74, 6) is -3.50. The van der Waals surface area contributed by atoms with Gasteiger partial charge < -0.3 is 0 Å². The van der Waals surface area contributed by atoms with Crippen molar-refractivity contribution in [2.75, 3.05) is 42.3 Å². The van der Waals surface area contributed by atoms with Gasteiger partial charge >= 0.3 is 0 Å². The van der Waals surface area contributed by atoms with E-state index in [1.165, 1.54) is 90.9 Å². The zero-order valence-electron chi connectivity index (χ0n) is 67.4. The van der Waals surface area contributed by atoms with Crippen LogP contribution in [0.5, 0.6) is 0 Å². The second kappa shape index (κ2) is 22.5. The third kappa shape index (κ3) is 7.65. The molecule has 0 spiro atoms. The molecule has 0 fully saturated rings. The first-order chi connectivity index (χ1) is 61.1. The number of hydrogen-bond donors (Lipinski definition) is 0. The lowest BCUT2D eigenvalue weighted by Crippen LogP contribution is -2.37. The zero-order valence-corrected chi connectivity index (χ0v) is 67.4. The molecule has 0 aromatic heterocycles. The topological polar surface area (TPSA) is 224 Å². The van der Waals surface area contributed by atoms with E-state index < -0.39 is 0 Å². The van der Waals surface area contributed by atoms with Crippen molar-refractivity contribution in [1.82, 2.24) is 29.4 Å². The summed E-state index contributed by atoms with van der Waals surface area (Å²) in [7, 11) is 9.15. The van der Waals surface area contributed by atoms with Gasteiger partial charge in [-0.05, 0) is 267 Å². The summed E-state index contributed by atoms with van der Waals surface area (Å²) in [6.07, 6.45) is 0. The van der Waals surface area contributed by atoms with Gasteiger partial charge in [0.05, 0.1) is 0 Å². The van der Waals surface area contributed by atoms with Gasteiger partial charge in [-0.15, -0.1) is 0 Å². The lowest BCUT2D eigenvalue weighted by molar-refractivity contribution is 0.0635. The molecule has 18 heteroatoms. The molecule has 24 aromatic rings. The van der Waals surface area contributed by atoms with Crippen LogP contribution in [0.15, 0.2) is 218 Å². The highest BCUT2D eigenvalue weighted by Crippen LogP contribution is 2.56. The maximum atomic E-state index is 13.3. The Balaban J connectivity index is 0.0000000990. The van der Waals surface area contributed by atoms with E-state index in [0.717, 1.165) is 182 Å². The van der Waals surface area contributed by atoms with Crippen LogP contribution in [0, 0.1) is 0 Å². The Labute approximate surface area is 707 Å². The van der Waals surface area contributed by atoms with Crippen LogP contribution in [-0.4, -0.2) is 143 Å². The average molecular weight is 1630 g/mol. The normalized spacial score (nSPS) is 15.5. The van der Waals surface area contributed by atoms with Crippen molar-refractivity contribution < 1.29 is 57.5 Å². The minimum Gasteiger partial charge on any atom is -0.277 e. The predicted molar refractivity (Wildman–Crippen MR) is 493 cm³/mol. The quantitative estimate of drug-likeness (QED) is 0.0785. The highest BCUT2D eigenvalue weighted by molar-refractivity contribution is 6.51. The first-order valence-corrected chi connectivity index (χ1v) is 41.5. The van der Waals surface area contributed by atoms with Gasteiger partial charge in [0.15, 0.2) is 0 Å². The van der Waals surface area contributed by atoms with E-state index in [2.05, 4.69) is 97.1 Å².